The number of nitrogens with zero attached hydrogens (tertiary/aromatic N) is 2. The number of anilines is 1. The maximum Gasteiger partial charge on any atom is 0.281 e. The topological polar surface area (TPSA) is 103 Å². The molecule has 1 saturated heterocycles. The molecule has 1 fully saturated rings. The summed E-state index contributed by atoms with van der Waals surface area (Å²) >= 11 is 5.40. The molecule has 1 amide bonds. The fourth-order valence-electron chi connectivity index (χ4n) is 3.62. The second-order valence-corrected chi connectivity index (χ2v) is 8.05. The average molecular weight is 506 g/mol. The van der Waals surface area contributed by atoms with Crippen molar-refractivity contribution in [3.63, 3.8) is 0 Å². The molecule has 0 saturated carbocycles. The molecule has 4 rings (SSSR count). The van der Waals surface area contributed by atoms with Crippen molar-refractivity contribution in [3.8, 4) is 17.2 Å². The lowest BCUT2D eigenvalue weighted by Gasteiger charge is -2.14. The van der Waals surface area contributed by atoms with Crippen LogP contribution in [0.1, 0.15) is 18.1 Å². The minimum Gasteiger partial charge on any atom is -0.496 e. The highest BCUT2D eigenvalue weighted by molar-refractivity contribution is 7.80. The van der Waals surface area contributed by atoms with Gasteiger partial charge in [-0.2, -0.15) is 0 Å². The number of benzene rings is 3. The molecule has 1 aliphatic heterocycles. The molecular weight excluding hydrogens is 482 g/mol. The Balaban J connectivity index is 1.52. The number of amides is 1. The van der Waals surface area contributed by atoms with E-state index in [0.717, 1.165) is 11.1 Å². The Morgan fingerprint density at radius 1 is 1.03 bits per heavy atom. The maximum absolute atomic E-state index is 13.1. The molecule has 36 heavy (non-hydrogen) atoms. The van der Waals surface area contributed by atoms with E-state index in [-0.39, 0.29) is 23.3 Å². The van der Waals surface area contributed by atoms with E-state index in [0.29, 0.717) is 35.2 Å². The summed E-state index contributed by atoms with van der Waals surface area (Å²) in [5.74, 6) is 1.53. The first-order valence-electron chi connectivity index (χ1n) is 11.0. The number of non-ortho nitro benzene ring substituents is 1. The molecule has 10 heteroatoms. The summed E-state index contributed by atoms with van der Waals surface area (Å²) in [6.45, 7) is 2.62. The minimum atomic E-state index is -0.467. The number of carbonyl (C=O) groups excluding carboxylic acids is 1. The van der Waals surface area contributed by atoms with Crippen LogP contribution >= 0.6 is 12.2 Å². The maximum atomic E-state index is 13.1. The van der Waals surface area contributed by atoms with E-state index >= 15 is 0 Å². The number of nitro benzene ring substituents is 1. The Kier molecular flexibility index (Phi) is 7.45. The number of hydrogen-bond acceptors (Lipinski definition) is 7. The summed E-state index contributed by atoms with van der Waals surface area (Å²) in [7, 11) is 1.55. The van der Waals surface area contributed by atoms with Crippen LogP contribution < -0.4 is 24.4 Å². The Bertz CT molecular complexity index is 1320. The molecule has 0 spiro atoms. The lowest BCUT2D eigenvalue weighted by Crippen LogP contribution is -2.30. The van der Waals surface area contributed by atoms with Gasteiger partial charge in [-0.3, -0.25) is 19.8 Å². The SMILES string of the molecule is CCOc1ccc(N2C(=O)/C(=C\c3ccc(OC)c(COc4ccc([N+](=O)[O-])cc4)c3)NC2=S)cc1. The highest BCUT2D eigenvalue weighted by atomic mass is 32.1. The molecule has 3 aromatic rings. The number of nitrogens with one attached hydrogen (secondary N) is 1. The van der Waals surface area contributed by atoms with Crippen molar-refractivity contribution in [1.82, 2.24) is 5.32 Å². The normalized spacial score (nSPS) is 14.1. The van der Waals surface area contributed by atoms with E-state index in [1.54, 1.807) is 43.5 Å². The highest BCUT2D eigenvalue weighted by Gasteiger charge is 2.32. The second-order valence-electron chi connectivity index (χ2n) is 7.67. The summed E-state index contributed by atoms with van der Waals surface area (Å²) in [5.41, 5.74) is 2.43. The minimum absolute atomic E-state index is 0.0144. The summed E-state index contributed by atoms with van der Waals surface area (Å²) in [6.07, 6.45) is 1.71. The van der Waals surface area contributed by atoms with E-state index in [2.05, 4.69) is 5.32 Å². The fraction of sp³-hybridized carbons (Fsp3) is 0.154. The van der Waals surface area contributed by atoms with Gasteiger partial charge in [0, 0.05) is 17.7 Å². The third-order valence-corrected chi connectivity index (χ3v) is 5.63. The van der Waals surface area contributed by atoms with Crippen molar-refractivity contribution in [2.45, 2.75) is 13.5 Å². The van der Waals surface area contributed by atoms with Crippen LogP contribution in [0.3, 0.4) is 0 Å². The van der Waals surface area contributed by atoms with E-state index in [1.165, 1.54) is 29.2 Å². The Hall–Kier alpha value is -4.44. The van der Waals surface area contributed by atoms with E-state index in [1.807, 2.05) is 19.1 Å². The quantitative estimate of drug-likeness (QED) is 0.191. The molecule has 0 bridgehead atoms. The van der Waals surface area contributed by atoms with Gasteiger partial charge in [-0.15, -0.1) is 0 Å². The number of carbonyl (C=O) groups is 1. The van der Waals surface area contributed by atoms with Gasteiger partial charge in [0.25, 0.3) is 11.6 Å². The zero-order valence-corrected chi connectivity index (χ0v) is 20.4. The van der Waals surface area contributed by atoms with Gasteiger partial charge in [-0.05, 0) is 79.3 Å². The van der Waals surface area contributed by atoms with Crippen molar-refractivity contribution in [1.29, 1.82) is 0 Å². The van der Waals surface area contributed by atoms with Crippen LogP contribution in [-0.4, -0.2) is 29.7 Å². The molecule has 0 radical (unpaired) electrons. The van der Waals surface area contributed by atoms with Gasteiger partial charge in [0.05, 0.1) is 24.3 Å². The van der Waals surface area contributed by atoms with Gasteiger partial charge >= 0.3 is 0 Å². The van der Waals surface area contributed by atoms with Crippen LogP contribution in [0.15, 0.2) is 72.4 Å². The molecule has 3 aromatic carbocycles. The Morgan fingerprint density at radius 2 is 1.69 bits per heavy atom. The molecule has 0 aliphatic carbocycles. The van der Waals surface area contributed by atoms with Crippen molar-refractivity contribution >= 4 is 40.7 Å². The van der Waals surface area contributed by atoms with Crippen LogP contribution in [0.5, 0.6) is 17.2 Å². The van der Waals surface area contributed by atoms with Crippen molar-refractivity contribution in [2.75, 3.05) is 18.6 Å². The van der Waals surface area contributed by atoms with Gasteiger partial charge in [0.15, 0.2) is 5.11 Å². The molecule has 1 heterocycles. The van der Waals surface area contributed by atoms with Crippen molar-refractivity contribution in [3.05, 3.63) is 93.7 Å². The van der Waals surface area contributed by atoms with Gasteiger partial charge in [-0.25, -0.2) is 0 Å². The van der Waals surface area contributed by atoms with Crippen molar-refractivity contribution < 1.29 is 23.9 Å². The van der Waals surface area contributed by atoms with Gasteiger partial charge in [0.1, 0.15) is 29.6 Å². The molecule has 0 unspecified atom stereocenters. The van der Waals surface area contributed by atoms with Crippen LogP contribution in [0.4, 0.5) is 11.4 Å². The largest absolute Gasteiger partial charge is 0.496 e. The molecule has 0 aromatic heterocycles. The molecule has 1 aliphatic rings. The molecule has 184 valence electrons. The van der Waals surface area contributed by atoms with E-state index in [9.17, 15) is 14.9 Å². The first kappa shape index (κ1) is 24.7. The first-order valence-corrected chi connectivity index (χ1v) is 11.4. The Morgan fingerprint density at radius 3 is 2.33 bits per heavy atom. The monoisotopic (exact) mass is 505 g/mol. The molecule has 0 atom stereocenters. The van der Waals surface area contributed by atoms with Crippen LogP contribution in [-0.2, 0) is 11.4 Å². The smallest absolute Gasteiger partial charge is 0.281 e. The van der Waals surface area contributed by atoms with Gasteiger partial charge in [-0.1, -0.05) is 6.07 Å². The van der Waals surface area contributed by atoms with E-state index < -0.39 is 4.92 Å². The number of hydrogen-bond donors (Lipinski definition) is 1. The van der Waals surface area contributed by atoms with Crippen molar-refractivity contribution in [2.24, 2.45) is 0 Å². The highest BCUT2D eigenvalue weighted by Crippen LogP contribution is 2.27. The lowest BCUT2D eigenvalue weighted by molar-refractivity contribution is -0.384. The van der Waals surface area contributed by atoms with Crippen LogP contribution in [0, 0.1) is 10.1 Å². The number of methoxy groups -OCH3 is 1. The zero-order valence-electron chi connectivity index (χ0n) is 19.6. The molecule has 1 N–H and O–H groups in total. The number of nitro groups is 1. The standard InChI is InChI=1S/C26H23N3O6S/c1-3-34-21-9-5-19(6-10-21)28-25(30)23(27-26(28)36)15-17-4-13-24(33-2)18(14-17)16-35-22-11-7-20(8-12-22)29(31)32/h4-15H,3,16H2,1-2H3,(H,27,36)/b23-15+. The predicted molar refractivity (Wildman–Crippen MR) is 139 cm³/mol. The zero-order chi connectivity index (χ0) is 25.7. The third kappa shape index (κ3) is 5.44. The summed E-state index contributed by atoms with van der Waals surface area (Å²) in [4.78, 5) is 24.9. The predicted octanol–water partition coefficient (Wildman–Crippen LogP) is 4.84. The molecule has 9 nitrogen and oxygen atoms in total. The van der Waals surface area contributed by atoms with Crippen LogP contribution in [0.25, 0.3) is 6.08 Å². The Labute approximate surface area is 213 Å². The van der Waals surface area contributed by atoms with E-state index in [4.69, 9.17) is 26.4 Å². The second kappa shape index (κ2) is 10.9. The first-order chi connectivity index (χ1) is 17.4. The summed E-state index contributed by atoms with van der Waals surface area (Å²) in [6, 6.07) is 18.4. The third-order valence-electron chi connectivity index (χ3n) is 5.34. The summed E-state index contributed by atoms with van der Waals surface area (Å²) < 4.78 is 16.7. The average Bonchev–Trinajstić information content (AvgIpc) is 3.16. The lowest BCUT2D eigenvalue weighted by atomic mass is 10.1. The summed E-state index contributed by atoms with van der Waals surface area (Å²) in [5, 5.41) is 14.1. The number of ether oxygens (including phenoxy) is 3. The van der Waals surface area contributed by atoms with Gasteiger partial charge < -0.3 is 19.5 Å². The number of rotatable bonds is 9. The fourth-order valence-corrected chi connectivity index (χ4v) is 3.92. The van der Waals surface area contributed by atoms with Gasteiger partial charge in [0.2, 0.25) is 0 Å². The number of thiocarbonyl (C=S) groups is 1. The van der Waals surface area contributed by atoms with Crippen LogP contribution in [0.2, 0.25) is 0 Å². The molecular formula is C26H23N3O6S.